The average molecular weight is 488 g/mol. The number of nitrogens with one attached hydrogen (secondary N) is 2. The maximum atomic E-state index is 13.0. The zero-order valence-electron chi connectivity index (χ0n) is 18.4. The van der Waals surface area contributed by atoms with E-state index in [1.54, 1.807) is 55.5 Å². The van der Waals surface area contributed by atoms with Gasteiger partial charge in [0.15, 0.2) is 11.6 Å². The number of anilines is 1. The number of ketones is 2. The van der Waals surface area contributed by atoms with E-state index in [1.807, 2.05) is 0 Å². The van der Waals surface area contributed by atoms with E-state index < -0.39 is 29.9 Å². The van der Waals surface area contributed by atoms with Crippen LogP contribution >= 0.6 is 11.6 Å². The summed E-state index contributed by atoms with van der Waals surface area (Å²) in [7, 11) is 0. The van der Waals surface area contributed by atoms with Crippen molar-refractivity contribution in [1.82, 2.24) is 10.2 Å². The standard InChI is InChI=1S/C26H18ClN3O5/c1-26(14-6-8-15(27)9-7-14)24(34)30(25(35)29-26)13-21(31)28-16-10-11-19-20(12-16)23(33)18-5-3-2-4-17(18)22(19)32/h2-12H,13H2,1H3,(H,28,31)(H,29,35). The lowest BCUT2D eigenvalue weighted by atomic mass is 9.84. The number of nitrogens with zero attached hydrogens (tertiary/aromatic N) is 1. The number of carbonyl (C=O) groups is 5. The predicted octanol–water partition coefficient (Wildman–Crippen LogP) is 3.52. The molecule has 8 nitrogen and oxygen atoms in total. The first-order chi connectivity index (χ1) is 16.7. The number of halogens is 1. The van der Waals surface area contributed by atoms with E-state index in [2.05, 4.69) is 10.6 Å². The molecule has 1 heterocycles. The maximum absolute atomic E-state index is 13.0. The highest BCUT2D eigenvalue weighted by atomic mass is 35.5. The molecule has 3 aromatic carbocycles. The Hall–Kier alpha value is -4.30. The van der Waals surface area contributed by atoms with E-state index in [1.165, 1.54) is 18.2 Å². The highest BCUT2D eigenvalue weighted by molar-refractivity contribution is 6.30. The van der Waals surface area contributed by atoms with Crippen molar-refractivity contribution in [3.8, 4) is 0 Å². The van der Waals surface area contributed by atoms with E-state index in [9.17, 15) is 24.0 Å². The summed E-state index contributed by atoms with van der Waals surface area (Å²) in [6, 6.07) is 16.7. The highest BCUT2D eigenvalue weighted by Crippen LogP contribution is 2.31. The van der Waals surface area contributed by atoms with Crippen molar-refractivity contribution in [2.24, 2.45) is 0 Å². The molecule has 2 N–H and O–H groups in total. The smallest absolute Gasteiger partial charge is 0.325 e. The van der Waals surface area contributed by atoms with E-state index >= 15 is 0 Å². The molecule has 0 bridgehead atoms. The molecule has 3 aromatic rings. The van der Waals surface area contributed by atoms with E-state index in [-0.39, 0.29) is 28.4 Å². The second-order valence-electron chi connectivity index (χ2n) is 8.47. The molecule has 2 aliphatic rings. The fraction of sp³-hybridized carbons (Fsp3) is 0.115. The number of rotatable bonds is 4. The minimum absolute atomic E-state index is 0.178. The minimum atomic E-state index is -1.34. The van der Waals surface area contributed by atoms with Gasteiger partial charge >= 0.3 is 6.03 Å². The SMILES string of the molecule is CC1(c2ccc(Cl)cc2)NC(=O)N(CC(=O)Nc2ccc3c(c2)C(=O)c2ccccc2C3=O)C1=O. The summed E-state index contributed by atoms with van der Waals surface area (Å²) >= 11 is 5.91. The van der Waals surface area contributed by atoms with Crippen molar-refractivity contribution >= 4 is 46.7 Å². The van der Waals surface area contributed by atoms with Crippen LogP contribution in [0.25, 0.3) is 0 Å². The van der Waals surface area contributed by atoms with Crippen LogP contribution < -0.4 is 10.6 Å². The lowest BCUT2D eigenvalue weighted by Crippen LogP contribution is -2.42. The van der Waals surface area contributed by atoms with Gasteiger partial charge in [0.05, 0.1) is 0 Å². The molecule has 1 unspecified atom stereocenters. The molecule has 0 spiro atoms. The minimum Gasteiger partial charge on any atom is -0.325 e. The van der Waals surface area contributed by atoms with Crippen molar-refractivity contribution in [3.63, 3.8) is 0 Å². The normalized spacial score (nSPS) is 18.7. The molecular formula is C26H18ClN3O5. The largest absolute Gasteiger partial charge is 0.325 e. The van der Waals surface area contributed by atoms with Crippen LogP contribution in [0.15, 0.2) is 66.7 Å². The fourth-order valence-corrected chi connectivity index (χ4v) is 4.47. The Morgan fingerprint density at radius 3 is 2.14 bits per heavy atom. The van der Waals surface area contributed by atoms with E-state index in [0.29, 0.717) is 21.7 Å². The summed E-state index contributed by atoms with van der Waals surface area (Å²) in [5, 5.41) is 5.71. The summed E-state index contributed by atoms with van der Waals surface area (Å²) in [4.78, 5) is 64.8. The Morgan fingerprint density at radius 1 is 0.886 bits per heavy atom. The topological polar surface area (TPSA) is 113 Å². The molecule has 1 aliphatic heterocycles. The molecule has 174 valence electrons. The van der Waals surface area contributed by atoms with Crippen molar-refractivity contribution < 1.29 is 24.0 Å². The molecule has 0 aromatic heterocycles. The lowest BCUT2D eigenvalue weighted by molar-refractivity contribution is -0.133. The molecule has 9 heteroatoms. The third kappa shape index (κ3) is 3.68. The number of amides is 4. The number of hydrogen-bond acceptors (Lipinski definition) is 5. The number of hydrogen-bond donors (Lipinski definition) is 2. The summed E-state index contributed by atoms with van der Waals surface area (Å²) in [6.07, 6.45) is 0. The Balaban J connectivity index is 1.33. The van der Waals surface area contributed by atoms with Gasteiger partial charge in [-0.2, -0.15) is 0 Å². The van der Waals surface area contributed by atoms with Crippen molar-refractivity contribution in [1.29, 1.82) is 0 Å². The highest BCUT2D eigenvalue weighted by Gasteiger charge is 2.49. The summed E-state index contributed by atoms with van der Waals surface area (Å²) < 4.78 is 0. The maximum Gasteiger partial charge on any atom is 0.325 e. The first-order valence-electron chi connectivity index (χ1n) is 10.7. The average Bonchev–Trinajstić information content (AvgIpc) is 3.06. The van der Waals surface area contributed by atoms with Crippen LogP contribution in [0.2, 0.25) is 5.02 Å². The summed E-state index contributed by atoms with van der Waals surface area (Å²) in [5.41, 5.74) is 0.520. The number of fused-ring (bicyclic) bond motifs is 2. The van der Waals surface area contributed by atoms with Crippen LogP contribution in [0.5, 0.6) is 0 Å². The molecule has 1 aliphatic carbocycles. The lowest BCUT2D eigenvalue weighted by Gasteiger charge is -2.22. The molecular weight excluding hydrogens is 470 g/mol. The van der Waals surface area contributed by atoms with E-state index in [4.69, 9.17) is 11.6 Å². The Labute approximate surface area is 204 Å². The van der Waals surface area contributed by atoms with Crippen LogP contribution in [0.4, 0.5) is 10.5 Å². The molecule has 4 amide bonds. The number of imide groups is 1. The first kappa shape index (κ1) is 22.5. The third-order valence-electron chi connectivity index (χ3n) is 6.21. The number of benzene rings is 3. The van der Waals surface area contributed by atoms with Gasteiger partial charge in [-0.25, -0.2) is 4.79 Å². The first-order valence-corrected chi connectivity index (χ1v) is 11.1. The van der Waals surface area contributed by atoms with E-state index in [0.717, 1.165) is 4.90 Å². The van der Waals surface area contributed by atoms with Crippen LogP contribution in [0.3, 0.4) is 0 Å². The van der Waals surface area contributed by atoms with Crippen molar-refractivity contribution in [3.05, 3.63) is 99.6 Å². The quantitative estimate of drug-likeness (QED) is 0.428. The Kier molecular flexibility index (Phi) is 5.25. The van der Waals surface area contributed by atoms with Gasteiger partial charge in [0.2, 0.25) is 5.91 Å². The van der Waals surface area contributed by atoms with Crippen LogP contribution in [-0.2, 0) is 15.1 Å². The molecule has 1 atom stereocenters. The van der Waals surface area contributed by atoms with Crippen molar-refractivity contribution in [2.75, 3.05) is 11.9 Å². The molecule has 0 saturated carbocycles. The number of carbonyl (C=O) groups excluding carboxylic acids is 5. The Morgan fingerprint density at radius 2 is 1.49 bits per heavy atom. The van der Waals surface area contributed by atoms with Gasteiger partial charge in [0.25, 0.3) is 5.91 Å². The molecule has 1 fully saturated rings. The summed E-state index contributed by atoms with van der Waals surface area (Å²) in [6.45, 7) is 1.03. The second kappa shape index (κ2) is 8.18. The second-order valence-corrected chi connectivity index (χ2v) is 8.90. The molecule has 5 rings (SSSR count). The summed E-state index contributed by atoms with van der Waals surface area (Å²) in [5.74, 6) is -1.81. The van der Waals surface area contributed by atoms with Gasteiger partial charge < -0.3 is 10.6 Å². The van der Waals surface area contributed by atoms with Gasteiger partial charge in [0.1, 0.15) is 12.1 Å². The Bertz CT molecular complexity index is 1450. The van der Waals surface area contributed by atoms with Gasteiger partial charge in [0, 0.05) is 33.0 Å². The molecule has 0 radical (unpaired) electrons. The third-order valence-corrected chi connectivity index (χ3v) is 6.46. The van der Waals surface area contributed by atoms with Crippen LogP contribution in [-0.4, -0.2) is 40.9 Å². The van der Waals surface area contributed by atoms with Crippen LogP contribution in [0, 0.1) is 0 Å². The van der Waals surface area contributed by atoms with Gasteiger partial charge in [-0.3, -0.25) is 24.1 Å². The van der Waals surface area contributed by atoms with Crippen molar-refractivity contribution in [2.45, 2.75) is 12.5 Å². The number of urea groups is 1. The fourth-order valence-electron chi connectivity index (χ4n) is 4.34. The zero-order chi connectivity index (χ0) is 24.9. The van der Waals surface area contributed by atoms with Gasteiger partial charge in [-0.05, 0) is 42.8 Å². The molecule has 35 heavy (non-hydrogen) atoms. The van der Waals surface area contributed by atoms with Gasteiger partial charge in [-0.15, -0.1) is 0 Å². The predicted molar refractivity (Wildman–Crippen MR) is 127 cm³/mol. The monoisotopic (exact) mass is 487 g/mol. The zero-order valence-corrected chi connectivity index (χ0v) is 19.2. The van der Waals surface area contributed by atoms with Crippen LogP contribution in [0.1, 0.15) is 44.3 Å². The van der Waals surface area contributed by atoms with Gasteiger partial charge in [-0.1, -0.05) is 48.0 Å². The molecule has 1 saturated heterocycles.